The van der Waals surface area contributed by atoms with Crippen molar-refractivity contribution < 1.29 is 14.4 Å². The predicted octanol–water partition coefficient (Wildman–Crippen LogP) is 2.24. The Labute approximate surface area is 143 Å². The molecule has 124 valence electrons. The van der Waals surface area contributed by atoms with Gasteiger partial charge in [-0.25, -0.2) is 0 Å². The molecule has 0 radical (unpaired) electrons. The summed E-state index contributed by atoms with van der Waals surface area (Å²) in [5, 5.41) is 9.17. The molecule has 1 aromatic carbocycles. The molecule has 2 heterocycles. The Balaban J connectivity index is 1.52. The zero-order valence-electron chi connectivity index (χ0n) is 13.0. The molecule has 0 bridgehead atoms. The van der Waals surface area contributed by atoms with Gasteiger partial charge in [-0.2, -0.15) is 11.3 Å². The topological polar surface area (TPSA) is 78.5 Å². The van der Waals surface area contributed by atoms with Crippen molar-refractivity contribution in [2.45, 2.75) is 12.8 Å². The molecule has 0 aliphatic carbocycles. The van der Waals surface area contributed by atoms with Crippen LogP contribution in [0.25, 0.3) is 0 Å². The quantitative estimate of drug-likeness (QED) is 0.817. The van der Waals surface area contributed by atoms with Crippen LogP contribution >= 0.6 is 11.3 Å². The van der Waals surface area contributed by atoms with E-state index in [1.54, 1.807) is 17.5 Å². The molecule has 0 fully saturated rings. The Kier molecular flexibility index (Phi) is 4.90. The van der Waals surface area contributed by atoms with Gasteiger partial charge >= 0.3 is 0 Å². The molecule has 0 saturated heterocycles. The lowest BCUT2D eigenvalue weighted by molar-refractivity contribution is -0.122. The average molecular weight is 343 g/mol. The fraction of sp³-hybridized carbons (Fsp3) is 0.235. The Hall–Kier alpha value is -2.67. The molecule has 1 aromatic heterocycles. The van der Waals surface area contributed by atoms with E-state index >= 15 is 0 Å². The monoisotopic (exact) mass is 343 g/mol. The summed E-state index contributed by atoms with van der Waals surface area (Å²) >= 11 is 1.47. The van der Waals surface area contributed by atoms with E-state index in [1.165, 1.54) is 16.2 Å². The van der Waals surface area contributed by atoms with Gasteiger partial charge in [0, 0.05) is 23.9 Å². The number of thiophene rings is 1. The zero-order valence-corrected chi connectivity index (χ0v) is 13.8. The highest BCUT2D eigenvalue weighted by Crippen LogP contribution is 2.29. The first-order valence-corrected chi connectivity index (χ1v) is 8.59. The number of nitrogens with zero attached hydrogens (tertiary/aromatic N) is 1. The van der Waals surface area contributed by atoms with Crippen molar-refractivity contribution in [1.82, 2.24) is 5.32 Å². The van der Waals surface area contributed by atoms with E-state index in [2.05, 4.69) is 10.6 Å². The van der Waals surface area contributed by atoms with E-state index in [4.69, 9.17) is 0 Å². The summed E-state index contributed by atoms with van der Waals surface area (Å²) in [5.41, 5.74) is 1.99. The smallest absolute Gasteiger partial charge is 0.252 e. The van der Waals surface area contributed by atoms with E-state index in [9.17, 15) is 14.4 Å². The maximum atomic E-state index is 12.4. The second kappa shape index (κ2) is 7.27. The molecule has 0 saturated carbocycles. The van der Waals surface area contributed by atoms with Crippen LogP contribution in [0.1, 0.15) is 23.2 Å². The van der Waals surface area contributed by atoms with Gasteiger partial charge in [0.05, 0.1) is 11.4 Å². The second-order valence-electron chi connectivity index (χ2n) is 5.42. The third kappa shape index (κ3) is 3.62. The van der Waals surface area contributed by atoms with E-state index < -0.39 is 0 Å². The maximum Gasteiger partial charge on any atom is 0.252 e. The van der Waals surface area contributed by atoms with Gasteiger partial charge in [0.15, 0.2) is 0 Å². The fourth-order valence-electron chi connectivity index (χ4n) is 2.53. The van der Waals surface area contributed by atoms with E-state index in [0.29, 0.717) is 29.9 Å². The van der Waals surface area contributed by atoms with Crippen LogP contribution in [0.2, 0.25) is 0 Å². The van der Waals surface area contributed by atoms with Gasteiger partial charge in [0.1, 0.15) is 6.54 Å². The SMILES string of the molecule is O=C1CN(C(=O)CCCNC(=O)c2ccsc2)c2ccccc2N1. The van der Waals surface area contributed by atoms with Crippen LogP contribution in [-0.2, 0) is 9.59 Å². The summed E-state index contributed by atoms with van der Waals surface area (Å²) in [5.74, 6) is -0.457. The van der Waals surface area contributed by atoms with Gasteiger partial charge in [-0.05, 0) is 30.0 Å². The molecule has 7 heteroatoms. The molecule has 0 unspecified atom stereocenters. The van der Waals surface area contributed by atoms with E-state index in [0.717, 1.165) is 0 Å². The zero-order chi connectivity index (χ0) is 16.9. The lowest BCUT2D eigenvalue weighted by Gasteiger charge is -2.29. The number of hydrogen-bond acceptors (Lipinski definition) is 4. The van der Waals surface area contributed by atoms with Crippen LogP contribution in [0.15, 0.2) is 41.1 Å². The van der Waals surface area contributed by atoms with Crippen LogP contribution in [0.3, 0.4) is 0 Å². The number of anilines is 2. The van der Waals surface area contributed by atoms with Crippen molar-refractivity contribution in [2.24, 2.45) is 0 Å². The molecule has 24 heavy (non-hydrogen) atoms. The Morgan fingerprint density at radius 1 is 1.25 bits per heavy atom. The Morgan fingerprint density at radius 2 is 2.08 bits per heavy atom. The first kappa shape index (κ1) is 16.2. The van der Waals surface area contributed by atoms with Gasteiger partial charge in [0.2, 0.25) is 11.8 Å². The number of fused-ring (bicyclic) bond motifs is 1. The Bertz CT molecular complexity index is 758. The van der Waals surface area contributed by atoms with Crippen LogP contribution < -0.4 is 15.5 Å². The second-order valence-corrected chi connectivity index (χ2v) is 6.20. The van der Waals surface area contributed by atoms with Crippen LogP contribution in [-0.4, -0.2) is 30.8 Å². The normalized spacial score (nSPS) is 13.2. The lowest BCUT2D eigenvalue weighted by atomic mass is 10.1. The standard InChI is InChI=1S/C17H17N3O3S/c21-15-10-20(14-5-2-1-4-13(14)19-15)16(22)6-3-8-18-17(23)12-7-9-24-11-12/h1-2,4-5,7,9,11H,3,6,8,10H2,(H,18,23)(H,19,21). The minimum absolute atomic E-state index is 0.0249. The Morgan fingerprint density at radius 3 is 2.88 bits per heavy atom. The summed E-state index contributed by atoms with van der Waals surface area (Å²) < 4.78 is 0. The number of carbonyl (C=O) groups is 3. The first-order valence-electron chi connectivity index (χ1n) is 7.65. The third-order valence-corrected chi connectivity index (χ3v) is 4.39. The third-order valence-electron chi connectivity index (χ3n) is 3.71. The summed E-state index contributed by atoms with van der Waals surface area (Å²) in [4.78, 5) is 37.4. The van der Waals surface area contributed by atoms with Crippen LogP contribution in [0.5, 0.6) is 0 Å². The molecule has 2 aromatic rings. The highest BCUT2D eigenvalue weighted by Gasteiger charge is 2.25. The highest BCUT2D eigenvalue weighted by atomic mass is 32.1. The largest absolute Gasteiger partial charge is 0.352 e. The van der Waals surface area contributed by atoms with Crippen LogP contribution in [0.4, 0.5) is 11.4 Å². The molecule has 2 N–H and O–H groups in total. The number of hydrogen-bond donors (Lipinski definition) is 2. The first-order chi connectivity index (χ1) is 11.6. The van der Waals surface area contributed by atoms with Gasteiger partial charge in [-0.3, -0.25) is 14.4 Å². The number of benzene rings is 1. The lowest BCUT2D eigenvalue weighted by Crippen LogP contribution is -2.42. The van der Waals surface area contributed by atoms with Crippen molar-refractivity contribution in [1.29, 1.82) is 0 Å². The number of nitrogens with one attached hydrogen (secondary N) is 2. The fourth-order valence-corrected chi connectivity index (χ4v) is 3.16. The molecule has 3 rings (SSSR count). The van der Waals surface area contributed by atoms with Crippen LogP contribution in [0, 0.1) is 0 Å². The summed E-state index contributed by atoms with van der Waals surface area (Å²) in [6, 6.07) is 8.98. The summed E-state index contributed by atoms with van der Waals surface area (Å²) in [6.07, 6.45) is 0.792. The van der Waals surface area contributed by atoms with Crippen molar-refractivity contribution in [3.05, 3.63) is 46.7 Å². The summed E-state index contributed by atoms with van der Waals surface area (Å²) in [7, 11) is 0. The average Bonchev–Trinajstić information content (AvgIpc) is 3.12. The minimum Gasteiger partial charge on any atom is -0.352 e. The number of para-hydroxylation sites is 2. The van der Waals surface area contributed by atoms with Crippen molar-refractivity contribution in [2.75, 3.05) is 23.3 Å². The predicted molar refractivity (Wildman–Crippen MR) is 93.3 cm³/mol. The van der Waals surface area contributed by atoms with Gasteiger partial charge in [0.25, 0.3) is 5.91 Å². The van der Waals surface area contributed by atoms with Gasteiger partial charge in [-0.1, -0.05) is 12.1 Å². The highest BCUT2D eigenvalue weighted by molar-refractivity contribution is 7.08. The molecule has 1 aliphatic rings. The number of amides is 3. The molecular formula is C17H17N3O3S. The summed E-state index contributed by atoms with van der Waals surface area (Å²) in [6.45, 7) is 0.444. The van der Waals surface area contributed by atoms with Crippen molar-refractivity contribution >= 4 is 40.4 Å². The van der Waals surface area contributed by atoms with Gasteiger partial charge in [-0.15, -0.1) is 0 Å². The van der Waals surface area contributed by atoms with Gasteiger partial charge < -0.3 is 15.5 Å². The molecular weight excluding hydrogens is 326 g/mol. The van der Waals surface area contributed by atoms with Crippen molar-refractivity contribution in [3.63, 3.8) is 0 Å². The molecule has 0 spiro atoms. The number of rotatable bonds is 5. The molecule has 3 amide bonds. The number of carbonyl (C=O) groups excluding carboxylic acids is 3. The van der Waals surface area contributed by atoms with E-state index in [1.807, 2.05) is 23.6 Å². The van der Waals surface area contributed by atoms with E-state index in [-0.39, 0.29) is 30.7 Å². The molecule has 0 atom stereocenters. The molecule has 1 aliphatic heterocycles. The minimum atomic E-state index is -0.201. The molecule has 6 nitrogen and oxygen atoms in total. The maximum absolute atomic E-state index is 12.4. The van der Waals surface area contributed by atoms with Crippen molar-refractivity contribution in [3.8, 4) is 0 Å².